The summed E-state index contributed by atoms with van der Waals surface area (Å²) in [4.78, 5) is 13.4. The van der Waals surface area contributed by atoms with E-state index in [4.69, 9.17) is 9.47 Å². The van der Waals surface area contributed by atoms with Crippen LogP contribution in [0.15, 0.2) is 24.3 Å². The summed E-state index contributed by atoms with van der Waals surface area (Å²) in [7, 11) is -3.43. The minimum Gasteiger partial charge on any atom is -0.491 e. The van der Waals surface area contributed by atoms with Crippen molar-refractivity contribution in [1.29, 1.82) is 0 Å². The number of halogens is 3. The summed E-state index contributed by atoms with van der Waals surface area (Å²) in [6, 6.07) is 3.95. The van der Waals surface area contributed by atoms with Gasteiger partial charge >= 0.3 is 6.18 Å². The molecule has 1 aromatic heterocycles. The summed E-state index contributed by atoms with van der Waals surface area (Å²) < 4.78 is 78.7. The lowest BCUT2D eigenvalue weighted by Crippen LogP contribution is -2.53. The number of alkyl halides is 3. The molecule has 1 aromatic carbocycles. The third kappa shape index (κ3) is 7.52. The average Bonchev–Trinajstić information content (AvgIpc) is 3.40. The molecule has 2 saturated heterocycles. The van der Waals surface area contributed by atoms with Crippen LogP contribution in [0.25, 0.3) is 0 Å². The largest absolute Gasteiger partial charge is 0.491 e. The second-order valence-corrected chi connectivity index (χ2v) is 13.3. The SMILES string of the molecule is CC(C)(C)Cc1cc(NC(=O)c2cc(C(F)(F)F)ccc2OC[C@@H]2CCN2S(C)(=O)=O)n(C[C@H]2CCCO2)n1. The molecule has 13 heteroatoms. The fraction of sp³-hybridized carbons (Fsp3) is 0.615. The van der Waals surface area contributed by atoms with Gasteiger partial charge < -0.3 is 14.8 Å². The number of nitrogens with one attached hydrogen (secondary N) is 1. The summed E-state index contributed by atoms with van der Waals surface area (Å²) in [6.45, 7) is 7.47. The van der Waals surface area contributed by atoms with Crippen molar-refractivity contribution in [3.8, 4) is 5.75 Å². The van der Waals surface area contributed by atoms with Gasteiger partial charge in [0.05, 0.1) is 41.8 Å². The molecule has 2 fully saturated rings. The van der Waals surface area contributed by atoms with E-state index in [0.717, 1.165) is 43.0 Å². The standard InChI is InChI=1S/C26H35F3N4O5S/c1-25(2,3)14-18-13-23(32(31-18)15-20-6-5-11-37-20)30-24(34)21-12-17(26(27,28)29)7-8-22(21)38-16-19-9-10-33(19)39(4,35)36/h7-8,12-13,19-20H,5-6,9-11,14-16H2,1-4H3,(H,30,34)/t19-,20+/m0/s1. The van der Waals surface area contributed by atoms with Crippen molar-refractivity contribution >= 4 is 21.7 Å². The van der Waals surface area contributed by atoms with Crippen molar-refractivity contribution in [3.05, 3.63) is 41.1 Å². The highest BCUT2D eigenvalue weighted by Gasteiger charge is 2.36. The maximum absolute atomic E-state index is 13.5. The second kappa shape index (κ2) is 11.1. The Morgan fingerprint density at radius 3 is 2.51 bits per heavy atom. The van der Waals surface area contributed by atoms with E-state index in [2.05, 4.69) is 31.2 Å². The van der Waals surface area contributed by atoms with Gasteiger partial charge in [0.15, 0.2) is 0 Å². The van der Waals surface area contributed by atoms with Crippen LogP contribution < -0.4 is 10.1 Å². The van der Waals surface area contributed by atoms with Crippen LogP contribution in [0.2, 0.25) is 0 Å². The first-order valence-corrected chi connectivity index (χ1v) is 14.8. The topological polar surface area (TPSA) is 103 Å². The van der Waals surface area contributed by atoms with E-state index in [1.54, 1.807) is 10.7 Å². The number of ether oxygens (including phenoxy) is 2. The molecule has 0 saturated carbocycles. The number of anilines is 1. The van der Waals surface area contributed by atoms with E-state index in [9.17, 15) is 26.4 Å². The number of benzene rings is 1. The molecule has 39 heavy (non-hydrogen) atoms. The average molecular weight is 573 g/mol. The van der Waals surface area contributed by atoms with Crippen LogP contribution in [-0.4, -0.2) is 66.6 Å². The van der Waals surface area contributed by atoms with Gasteiger partial charge in [-0.25, -0.2) is 13.1 Å². The number of nitrogens with zero attached hydrogens (tertiary/aromatic N) is 3. The molecule has 0 radical (unpaired) electrons. The van der Waals surface area contributed by atoms with E-state index < -0.39 is 33.7 Å². The number of amides is 1. The van der Waals surface area contributed by atoms with E-state index in [1.807, 2.05) is 0 Å². The van der Waals surface area contributed by atoms with Gasteiger partial charge in [-0.3, -0.25) is 4.79 Å². The molecule has 2 atom stereocenters. The molecule has 0 spiro atoms. The summed E-state index contributed by atoms with van der Waals surface area (Å²) in [5.41, 5.74) is -0.643. The number of carbonyl (C=O) groups excluding carboxylic acids is 1. The zero-order valence-electron chi connectivity index (χ0n) is 22.5. The monoisotopic (exact) mass is 572 g/mol. The van der Waals surface area contributed by atoms with Crippen LogP contribution in [-0.2, 0) is 33.9 Å². The van der Waals surface area contributed by atoms with Gasteiger partial charge in [-0.15, -0.1) is 0 Å². The first kappa shape index (κ1) is 29.3. The second-order valence-electron chi connectivity index (χ2n) is 11.4. The number of sulfonamides is 1. The van der Waals surface area contributed by atoms with Crippen molar-refractivity contribution in [2.24, 2.45) is 5.41 Å². The molecular formula is C26H35F3N4O5S. The first-order valence-electron chi connectivity index (χ1n) is 12.9. The zero-order valence-corrected chi connectivity index (χ0v) is 23.4. The highest BCUT2D eigenvalue weighted by Crippen LogP contribution is 2.34. The van der Waals surface area contributed by atoms with Gasteiger partial charge in [0, 0.05) is 19.2 Å². The van der Waals surface area contributed by atoms with Crippen LogP contribution in [0.4, 0.5) is 19.0 Å². The highest BCUT2D eigenvalue weighted by atomic mass is 32.2. The molecule has 2 aromatic rings. The predicted molar refractivity (Wildman–Crippen MR) is 139 cm³/mol. The van der Waals surface area contributed by atoms with Crippen LogP contribution in [0.3, 0.4) is 0 Å². The Morgan fingerprint density at radius 2 is 1.95 bits per heavy atom. The molecule has 3 heterocycles. The Labute approximate surface area is 226 Å². The number of rotatable bonds is 9. The molecule has 0 unspecified atom stereocenters. The lowest BCUT2D eigenvalue weighted by molar-refractivity contribution is -0.137. The normalized spacial score (nSPS) is 20.6. The Hall–Kier alpha value is -2.64. The Kier molecular flexibility index (Phi) is 8.34. The van der Waals surface area contributed by atoms with Crippen LogP contribution in [0, 0.1) is 5.41 Å². The molecule has 4 rings (SSSR count). The molecule has 1 amide bonds. The summed E-state index contributed by atoms with van der Waals surface area (Å²) >= 11 is 0. The number of aromatic nitrogens is 2. The number of carbonyl (C=O) groups is 1. The van der Waals surface area contributed by atoms with Crippen LogP contribution >= 0.6 is 0 Å². The van der Waals surface area contributed by atoms with Gasteiger partial charge in [0.2, 0.25) is 10.0 Å². The molecular weight excluding hydrogens is 537 g/mol. The minimum atomic E-state index is -4.67. The lowest BCUT2D eigenvalue weighted by atomic mass is 9.91. The van der Waals surface area contributed by atoms with E-state index in [1.165, 1.54) is 4.31 Å². The summed E-state index contributed by atoms with van der Waals surface area (Å²) in [6.07, 6.45) is -0.709. The summed E-state index contributed by atoms with van der Waals surface area (Å²) in [5.74, 6) is -0.512. The molecule has 216 valence electrons. The van der Waals surface area contributed by atoms with Gasteiger partial charge in [0.25, 0.3) is 5.91 Å². The number of hydrogen-bond acceptors (Lipinski definition) is 6. The van der Waals surface area contributed by atoms with Crippen LogP contribution in [0.1, 0.15) is 61.6 Å². The predicted octanol–water partition coefficient (Wildman–Crippen LogP) is 4.33. The maximum atomic E-state index is 13.5. The van der Waals surface area contributed by atoms with Crippen molar-refractivity contribution in [2.45, 2.75) is 71.3 Å². The molecule has 2 aliphatic rings. The molecule has 0 bridgehead atoms. The van der Waals surface area contributed by atoms with Gasteiger partial charge in [-0.1, -0.05) is 20.8 Å². The summed E-state index contributed by atoms with van der Waals surface area (Å²) in [5, 5.41) is 7.37. The van der Waals surface area contributed by atoms with Gasteiger partial charge in [-0.2, -0.15) is 22.6 Å². The van der Waals surface area contributed by atoms with Crippen molar-refractivity contribution < 1.29 is 35.9 Å². The number of hydrogen-bond donors (Lipinski definition) is 1. The molecule has 1 N–H and O–H groups in total. The molecule has 9 nitrogen and oxygen atoms in total. The third-order valence-electron chi connectivity index (χ3n) is 6.68. The van der Waals surface area contributed by atoms with Crippen molar-refractivity contribution in [2.75, 3.05) is 31.3 Å². The molecule has 0 aliphatic carbocycles. The Balaban J connectivity index is 1.60. The van der Waals surface area contributed by atoms with E-state index >= 15 is 0 Å². The fourth-order valence-corrected chi connectivity index (χ4v) is 5.87. The quantitative estimate of drug-likeness (QED) is 0.480. The Morgan fingerprint density at radius 1 is 1.21 bits per heavy atom. The maximum Gasteiger partial charge on any atom is 0.416 e. The minimum absolute atomic E-state index is 0.0686. The van der Waals surface area contributed by atoms with E-state index in [-0.39, 0.29) is 29.4 Å². The first-order chi connectivity index (χ1) is 18.1. The lowest BCUT2D eigenvalue weighted by Gasteiger charge is -2.38. The third-order valence-corrected chi connectivity index (χ3v) is 8.02. The highest BCUT2D eigenvalue weighted by molar-refractivity contribution is 7.88. The van der Waals surface area contributed by atoms with Gasteiger partial charge in [-0.05, 0) is 49.3 Å². The fourth-order valence-electron chi connectivity index (χ4n) is 4.72. The Bertz CT molecular complexity index is 1300. The van der Waals surface area contributed by atoms with E-state index in [0.29, 0.717) is 38.4 Å². The molecule has 2 aliphatic heterocycles. The van der Waals surface area contributed by atoms with Crippen molar-refractivity contribution in [3.63, 3.8) is 0 Å². The van der Waals surface area contributed by atoms with Gasteiger partial charge in [0.1, 0.15) is 18.2 Å². The zero-order chi connectivity index (χ0) is 28.6. The van der Waals surface area contributed by atoms with Crippen molar-refractivity contribution in [1.82, 2.24) is 14.1 Å². The smallest absolute Gasteiger partial charge is 0.416 e. The van der Waals surface area contributed by atoms with Crippen LogP contribution in [0.5, 0.6) is 5.75 Å².